The van der Waals surface area contributed by atoms with Gasteiger partial charge in [0, 0.05) is 67.1 Å². The summed E-state index contributed by atoms with van der Waals surface area (Å²) in [5.74, 6) is 7.72. The molecule has 6 nitrogen and oxygen atoms in total. The number of allylic oxidation sites excluding steroid dienone is 1. The number of piperazine rings is 1. The summed E-state index contributed by atoms with van der Waals surface area (Å²) in [6.45, 7) is 15.3. The van der Waals surface area contributed by atoms with Gasteiger partial charge in [0.15, 0.2) is 0 Å². The molecule has 0 aromatic heterocycles. The van der Waals surface area contributed by atoms with Crippen LogP contribution in [0.2, 0.25) is 5.02 Å². The van der Waals surface area contributed by atoms with E-state index in [2.05, 4.69) is 76.4 Å². The molecule has 8 atom stereocenters. The Kier molecular flexibility index (Phi) is 11.6. The van der Waals surface area contributed by atoms with E-state index >= 15 is 0 Å². The second-order valence-corrected chi connectivity index (χ2v) is 18.2. The van der Waals surface area contributed by atoms with Gasteiger partial charge in [-0.2, -0.15) is 0 Å². The van der Waals surface area contributed by atoms with Gasteiger partial charge >= 0.3 is 0 Å². The largest absolute Gasteiger partial charge is 0.491 e. The van der Waals surface area contributed by atoms with Crippen LogP contribution in [-0.4, -0.2) is 85.3 Å². The Morgan fingerprint density at radius 1 is 1.02 bits per heavy atom. The Morgan fingerprint density at radius 3 is 2.72 bits per heavy atom. The first-order chi connectivity index (χ1) is 24.3. The Hall–Kier alpha value is -2.32. The maximum atomic E-state index is 13.7. The number of carbonyl (C=O) groups excluding carboxylic acids is 1. The molecule has 0 spiro atoms. The van der Waals surface area contributed by atoms with E-state index in [0.29, 0.717) is 35.8 Å². The SMILES string of the molecule is C=S1NC(=O)c2ccc3c(c2)N(CC(c2ccc(Cl)cc2CCC)CO3)CC2CCC2C(CN2CCN3CCCCC3C2)/C=C/CC(C)C1C. The van der Waals surface area contributed by atoms with Crippen molar-refractivity contribution < 1.29 is 9.53 Å². The Labute approximate surface area is 309 Å². The highest BCUT2D eigenvalue weighted by Gasteiger charge is 2.40. The molecule has 50 heavy (non-hydrogen) atoms. The average Bonchev–Trinajstić information content (AvgIpc) is 3.28. The third-order valence-corrected chi connectivity index (χ3v) is 14.8. The fourth-order valence-corrected chi connectivity index (χ4v) is 10.8. The number of aryl methyl sites for hydroxylation is 1. The Balaban J connectivity index is 1.21. The predicted octanol–water partition coefficient (Wildman–Crippen LogP) is 8.42. The summed E-state index contributed by atoms with van der Waals surface area (Å²) in [7, 11) is -0.492. The number of hydrogen-bond acceptors (Lipinski definition) is 5. The van der Waals surface area contributed by atoms with E-state index in [1.54, 1.807) is 0 Å². The third kappa shape index (κ3) is 8.01. The summed E-state index contributed by atoms with van der Waals surface area (Å²) >= 11 is 6.52. The highest BCUT2D eigenvalue weighted by molar-refractivity contribution is 8.13. The lowest BCUT2D eigenvalue weighted by Crippen LogP contribution is -2.56. The van der Waals surface area contributed by atoms with Crippen LogP contribution in [0.1, 0.15) is 93.1 Å². The first kappa shape index (κ1) is 36.1. The number of ether oxygens (including phenoxy) is 1. The molecule has 2 aromatic rings. The van der Waals surface area contributed by atoms with Crippen molar-refractivity contribution in [3.05, 3.63) is 70.3 Å². The lowest BCUT2D eigenvalue weighted by atomic mass is 9.66. The van der Waals surface area contributed by atoms with E-state index in [9.17, 15) is 4.79 Å². The van der Waals surface area contributed by atoms with Crippen LogP contribution >= 0.6 is 22.3 Å². The molecule has 2 bridgehead atoms. The van der Waals surface area contributed by atoms with Gasteiger partial charge in [-0.15, -0.1) is 0 Å². The zero-order valence-corrected chi connectivity index (χ0v) is 32.2. The number of halogens is 1. The van der Waals surface area contributed by atoms with Gasteiger partial charge in [0.1, 0.15) is 5.75 Å². The minimum atomic E-state index is -0.492. The smallest absolute Gasteiger partial charge is 0.260 e. The molecular weight excluding hydrogens is 660 g/mol. The van der Waals surface area contributed by atoms with Crippen LogP contribution in [0.4, 0.5) is 5.69 Å². The summed E-state index contributed by atoms with van der Waals surface area (Å²) in [4.78, 5) is 21.8. The highest BCUT2D eigenvalue weighted by Crippen LogP contribution is 2.45. The van der Waals surface area contributed by atoms with Gasteiger partial charge in [-0.25, -0.2) is 0 Å². The monoisotopic (exact) mass is 718 g/mol. The standard InChI is InChI=1S/C42H59ClN4O2S/c1-5-9-31-22-36(43)15-17-38(31)35-26-47-25-34-13-16-39(34)33(24-45-20-21-46-19-7-6-12-37(46)27-45)11-8-10-29(2)30(3)50(4)44-42(48)32-14-18-41(49-28-35)40(47)23-32/h8,11,14-15,17-18,22-23,29-30,33-35,37,39H,4-7,9-10,12-13,16,19-21,24-28H2,1-3H3,(H,44,48)/b11-8+. The van der Waals surface area contributed by atoms with E-state index in [1.165, 1.54) is 76.0 Å². The number of benzene rings is 2. The number of amides is 1. The van der Waals surface area contributed by atoms with Gasteiger partial charge in [-0.05, 0) is 110 Å². The van der Waals surface area contributed by atoms with Gasteiger partial charge in [0.2, 0.25) is 0 Å². The van der Waals surface area contributed by atoms with Crippen molar-refractivity contribution in [2.24, 2.45) is 23.7 Å². The van der Waals surface area contributed by atoms with Crippen molar-refractivity contribution in [3.8, 4) is 5.75 Å². The molecule has 8 heteroatoms. The van der Waals surface area contributed by atoms with Crippen molar-refractivity contribution >= 4 is 39.7 Å². The first-order valence-corrected chi connectivity index (χ1v) is 21.4. The number of carbonyl (C=O) groups is 1. The molecule has 7 rings (SSSR count). The van der Waals surface area contributed by atoms with E-state index in [4.69, 9.17) is 16.3 Å². The van der Waals surface area contributed by atoms with Crippen molar-refractivity contribution in [1.29, 1.82) is 0 Å². The van der Waals surface area contributed by atoms with Crippen molar-refractivity contribution in [2.75, 3.05) is 57.3 Å². The van der Waals surface area contributed by atoms with Gasteiger partial charge in [-0.1, -0.05) is 80.0 Å². The number of rotatable bonds is 5. The molecule has 1 aliphatic carbocycles. The molecular formula is C42H59ClN4O2S. The lowest BCUT2D eigenvalue weighted by molar-refractivity contribution is 0.0283. The summed E-state index contributed by atoms with van der Waals surface area (Å²) in [6.07, 6.45) is 14.8. The third-order valence-electron chi connectivity index (χ3n) is 12.7. The molecule has 0 radical (unpaired) electrons. The zero-order chi connectivity index (χ0) is 34.8. The summed E-state index contributed by atoms with van der Waals surface area (Å²) in [5, 5.41) is 1.08. The molecule has 4 heterocycles. The van der Waals surface area contributed by atoms with Crippen molar-refractivity contribution in [2.45, 2.75) is 89.3 Å². The van der Waals surface area contributed by atoms with Gasteiger partial charge in [-0.3, -0.25) is 14.6 Å². The molecule has 272 valence electrons. The summed E-state index contributed by atoms with van der Waals surface area (Å²) in [5.41, 5.74) is 4.40. The Bertz CT molecular complexity index is 1560. The number of fused-ring (bicyclic) bond motifs is 3. The van der Waals surface area contributed by atoms with E-state index < -0.39 is 10.7 Å². The van der Waals surface area contributed by atoms with E-state index in [0.717, 1.165) is 54.9 Å². The number of nitrogens with zero attached hydrogens (tertiary/aromatic N) is 3. The fraction of sp³-hybridized carbons (Fsp3) is 0.619. The molecule has 5 aliphatic rings. The van der Waals surface area contributed by atoms with Crippen LogP contribution in [0.5, 0.6) is 5.75 Å². The normalized spacial score (nSPS) is 33.2. The van der Waals surface area contributed by atoms with Gasteiger partial charge in [0.25, 0.3) is 5.91 Å². The van der Waals surface area contributed by atoms with Crippen LogP contribution in [0, 0.1) is 23.7 Å². The average molecular weight is 719 g/mol. The number of piperidine rings is 1. The van der Waals surface area contributed by atoms with Crippen molar-refractivity contribution in [1.82, 2.24) is 14.5 Å². The van der Waals surface area contributed by atoms with Crippen LogP contribution < -0.4 is 14.4 Å². The number of nitrogens with one attached hydrogen (secondary N) is 1. The minimum absolute atomic E-state index is 0.0452. The highest BCUT2D eigenvalue weighted by atomic mass is 35.5. The fourth-order valence-electron chi connectivity index (χ4n) is 9.36. The molecule has 1 amide bonds. The van der Waals surface area contributed by atoms with Crippen LogP contribution in [-0.2, 0) is 6.42 Å². The summed E-state index contributed by atoms with van der Waals surface area (Å²) in [6, 6.07) is 13.2. The minimum Gasteiger partial charge on any atom is -0.491 e. The molecule has 3 fully saturated rings. The number of hydrogen-bond donors (Lipinski definition) is 1. The maximum absolute atomic E-state index is 13.7. The lowest BCUT2D eigenvalue weighted by Gasteiger charge is -2.48. The second-order valence-electron chi connectivity index (χ2n) is 16.0. The van der Waals surface area contributed by atoms with Gasteiger partial charge < -0.3 is 14.4 Å². The van der Waals surface area contributed by atoms with E-state index in [-0.39, 0.29) is 17.1 Å². The van der Waals surface area contributed by atoms with Crippen molar-refractivity contribution in [3.63, 3.8) is 0 Å². The van der Waals surface area contributed by atoms with E-state index in [1.807, 2.05) is 18.2 Å². The topological polar surface area (TPSA) is 48.1 Å². The quantitative estimate of drug-likeness (QED) is 0.249. The molecule has 4 aliphatic heterocycles. The molecule has 8 unspecified atom stereocenters. The number of anilines is 1. The Morgan fingerprint density at radius 2 is 1.90 bits per heavy atom. The molecule has 1 saturated carbocycles. The molecule has 2 aromatic carbocycles. The maximum Gasteiger partial charge on any atom is 0.260 e. The van der Waals surface area contributed by atoms with Crippen LogP contribution in [0.3, 0.4) is 0 Å². The zero-order valence-electron chi connectivity index (χ0n) is 30.6. The first-order valence-electron chi connectivity index (χ1n) is 19.5. The molecule has 1 N–H and O–H groups in total. The van der Waals surface area contributed by atoms with Gasteiger partial charge in [0.05, 0.1) is 12.3 Å². The second kappa shape index (κ2) is 16.1. The van der Waals surface area contributed by atoms with Crippen LogP contribution in [0.15, 0.2) is 48.6 Å². The molecule has 2 saturated heterocycles. The predicted molar refractivity (Wildman–Crippen MR) is 212 cm³/mol. The summed E-state index contributed by atoms with van der Waals surface area (Å²) < 4.78 is 9.92. The van der Waals surface area contributed by atoms with Crippen LogP contribution in [0.25, 0.3) is 0 Å².